The van der Waals surface area contributed by atoms with Crippen LogP contribution in [0.2, 0.25) is 0 Å². The van der Waals surface area contributed by atoms with Crippen LogP contribution in [-0.4, -0.2) is 29.2 Å². The van der Waals surface area contributed by atoms with Crippen molar-refractivity contribution in [3.05, 3.63) is 36.0 Å². The number of carbonyl (C=O) groups is 1. The Morgan fingerprint density at radius 3 is 3.05 bits per heavy atom. The standard InChI is InChI=1S/C15H17N3OS/c19-15(17-13-7-12-6-11(13)8-16-12)18-4-3-10(9-18)14-2-1-5-20-14/h1-5,9,11-13,16H,6-8H2,(H,17,19). The Bertz CT molecular complexity index is 619. The summed E-state index contributed by atoms with van der Waals surface area (Å²) in [5.41, 5.74) is 1.10. The lowest BCUT2D eigenvalue weighted by Gasteiger charge is -2.23. The van der Waals surface area contributed by atoms with Crippen molar-refractivity contribution in [2.75, 3.05) is 6.54 Å². The van der Waals surface area contributed by atoms with E-state index in [-0.39, 0.29) is 6.03 Å². The van der Waals surface area contributed by atoms with Gasteiger partial charge in [-0.05, 0) is 36.3 Å². The molecule has 1 saturated heterocycles. The van der Waals surface area contributed by atoms with Gasteiger partial charge >= 0.3 is 6.03 Å². The summed E-state index contributed by atoms with van der Waals surface area (Å²) in [5.74, 6) is 0.608. The van der Waals surface area contributed by atoms with Gasteiger partial charge in [-0.1, -0.05) is 6.07 Å². The van der Waals surface area contributed by atoms with Gasteiger partial charge in [-0.25, -0.2) is 4.79 Å². The van der Waals surface area contributed by atoms with Crippen LogP contribution in [0.5, 0.6) is 0 Å². The molecule has 0 aromatic carbocycles. The van der Waals surface area contributed by atoms with Gasteiger partial charge < -0.3 is 10.6 Å². The lowest BCUT2D eigenvalue weighted by Crippen LogP contribution is -2.45. The van der Waals surface area contributed by atoms with Gasteiger partial charge in [0, 0.05) is 41.5 Å². The van der Waals surface area contributed by atoms with Gasteiger partial charge in [0.15, 0.2) is 0 Å². The molecule has 3 unspecified atom stereocenters. The molecule has 2 fully saturated rings. The van der Waals surface area contributed by atoms with Crippen LogP contribution in [0.15, 0.2) is 36.0 Å². The van der Waals surface area contributed by atoms with Crippen LogP contribution in [0.4, 0.5) is 4.79 Å². The minimum atomic E-state index is -0.00893. The van der Waals surface area contributed by atoms with E-state index in [1.54, 1.807) is 15.9 Å². The summed E-state index contributed by atoms with van der Waals surface area (Å²) in [4.78, 5) is 13.5. The van der Waals surface area contributed by atoms with Gasteiger partial charge in [0.25, 0.3) is 0 Å². The molecule has 1 saturated carbocycles. The molecule has 3 atom stereocenters. The van der Waals surface area contributed by atoms with Gasteiger partial charge in [0.05, 0.1) is 0 Å². The fourth-order valence-electron chi connectivity index (χ4n) is 3.36. The smallest absolute Gasteiger partial charge is 0.325 e. The Morgan fingerprint density at radius 2 is 2.35 bits per heavy atom. The molecule has 1 amide bonds. The molecule has 0 radical (unpaired) electrons. The molecule has 20 heavy (non-hydrogen) atoms. The Balaban J connectivity index is 1.46. The second-order valence-corrected chi connectivity index (χ2v) is 6.63. The van der Waals surface area contributed by atoms with Crippen LogP contribution in [0.1, 0.15) is 12.8 Å². The van der Waals surface area contributed by atoms with Crippen LogP contribution >= 0.6 is 11.3 Å². The van der Waals surface area contributed by atoms with E-state index >= 15 is 0 Å². The predicted molar refractivity (Wildman–Crippen MR) is 80.0 cm³/mol. The molecule has 3 heterocycles. The molecule has 2 aromatic heterocycles. The van der Waals surface area contributed by atoms with Crippen LogP contribution < -0.4 is 10.6 Å². The molecule has 4 nitrogen and oxygen atoms in total. The third-order valence-electron chi connectivity index (χ3n) is 4.41. The molecule has 0 spiro atoms. The van der Waals surface area contributed by atoms with Gasteiger partial charge in [-0.3, -0.25) is 4.57 Å². The SMILES string of the molecule is O=C(NC1CC2CC1CN2)n1ccc(-c2cccs2)c1. The maximum Gasteiger partial charge on any atom is 0.325 e. The normalized spacial score (nSPS) is 27.9. The van der Waals surface area contributed by atoms with E-state index in [1.807, 2.05) is 24.5 Å². The predicted octanol–water partition coefficient (Wildman–Crippen LogP) is 2.52. The lowest BCUT2D eigenvalue weighted by molar-refractivity contribution is 0.233. The molecule has 1 aliphatic carbocycles. The summed E-state index contributed by atoms with van der Waals surface area (Å²) in [6.45, 7) is 1.04. The molecule has 2 aliphatic rings. The molecule has 2 bridgehead atoms. The number of carbonyl (C=O) groups excluding carboxylic acids is 1. The monoisotopic (exact) mass is 287 g/mol. The highest BCUT2D eigenvalue weighted by atomic mass is 32.1. The third-order valence-corrected chi connectivity index (χ3v) is 5.32. The Labute approximate surface area is 121 Å². The quantitative estimate of drug-likeness (QED) is 0.891. The van der Waals surface area contributed by atoms with Crippen molar-refractivity contribution in [3.63, 3.8) is 0 Å². The van der Waals surface area contributed by atoms with E-state index in [0.717, 1.165) is 18.5 Å². The third kappa shape index (κ3) is 2.07. The lowest BCUT2D eigenvalue weighted by atomic mass is 10.0. The largest absolute Gasteiger partial charge is 0.334 e. The highest BCUT2D eigenvalue weighted by molar-refractivity contribution is 7.13. The van der Waals surface area contributed by atoms with E-state index in [0.29, 0.717) is 18.0 Å². The summed E-state index contributed by atoms with van der Waals surface area (Å²) in [5, 5.41) is 8.69. The van der Waals surface area contributed by atoms with Crippen molar-refractivity contribution >= 4 is 17.4 Å². The Morgan fingerprint density at radius 1 is 1.40 bits per heavy atom. The van der Waals surface area contributed by atoms with Crippen molar-refractivity contribution < 1.29 is 4.79 Å². The summed E-state index contributed by atoms with van der Waals surface area (Å²) in [7, 11) is 0. The number of thiophene rings is 1. The zero-order chi connectivity index (χ0) is 13.5. The topological polar surface area (TPSA) is 46.1 Å². The second kappa shape index (κ2) is 4.75. The number of rotatable bonds is 2. The Hall–Kier alpha value is -1.59. The molecule has 5 heteroatoms. The first-order chi connectivity index (χ1) is 9.79. The van der Waals surface area contributed by atoms with Crippen molar-refractivity contribution in [3.8, 4) is 10.4 Å². The highest BCUT2D eigenvalue weighted by Gasteiger charge is 2.40. The molecule has 2 aromatic rings. The molecule has 2 N–H and O–H groups in total. The average molecular weight is 287 g/mol. The van der Waals surface area contributed by atoms with Gasteiger partial charge in [0.2, 0.25) is 0 Å². The van der Waals surface area contributed by atoms with Gasteiger partial charge in [-0.2, -0.15) is 0 Å². The minimum absolute atomic E-state index is 0.00893. The van der Waals surface area contributed by atoms with Crippen molar-refractivity contribution in [1.82, 2.24) is 15.2 Å². The summed E-state index contributed by atoms with van der Waals surface area (Å²) >= 11 is 1.69. The number of hydrogen-bond acceptors (Lipinski definition) is 3. The zero-order valence-corrected chi connectivity index (χ0v) is 11.9. The maximum absolute atomic E-state index is 12.3. The van der Waals surface area contributed by atoms with E-state index in [9.17, 15) is 4.79 Å². The van der Waals surface area contributed by atoms with Crippen LogP contribution in [0.3, 0.4) is 0 Å². The van der Waals surface area contributed by atoms with Crippen molar-refractivity contribution in [1.29, 1.82) is 0 Å². The van der Waals surface area contributed by atoms with Crippen molar-refractivity contribution in [2.45, 2.75) is 24.9 Å². The number of aromatic nitrogens is 1. The summed E-state index contributed by atoms with van der Waals surface area (Å²) in [6.07, 6.45) is 6.02. The number of fused-ring (bicyclic) bond motifs is 2. The number of hydrogen-bond donors (Lipinski definition) is 2. The zero-order valence-electron chi connectivity index (χ0n) is 11.1. The molecule has 104 valence electrons. The molecule has 1 aliphatic heterocycles. The first-order valence-electron chi connectivity index (χ1n) is 7.06. The van der Waals surface area contributed by atoms with Crippen LogP contribution in [0.25, 0.3) is 10.4 Å². The first-order valence-corrected chi connectivity index (χ1v) is 7.94. The van der Waals surface area contributed by atoms with Gasteiger partial charge in [0.1, 0.15) is 0 Å². The van der Waals surface area contributed by atoms with E-state index < -0.39 is 0 Å². The number of nitrogens with zero attached hydrogens (tertiary/aromatic N) is 1. The number of nitrogens with one attached hydrogen (secondary N) is 2. The second-order valence-electron chi connectivity index (χ2n) is 5.68. The molecular formula is C15H17N3OS. The fourth-order valence-corrected chi connectivity index (χ4v) is 4.07. The number of amides is 1. The highest BCUT2D eigenvalue weighted by Crippen LogP contribution is 2.31. The van der Waals surface area contributed by atoms with E-state index in [4.69, 9.17) is 0 Å². The first kappa shape index (κ1) is 12.2. The van der Waals surface area contributed by atoms with Crippen LogP contribution in [-0.2, 0) is 0 Å². The van der Waals surface area contributed by atoms with Crippen molar-refractivity contribution in [2.24, 2.45) is 5.92 Å². The van der Waals surface area contributed by atoms with E-state index in [1.165, 1.54) is 11.3 Å². The summed E-state index contributed by atoms with van der Waals surface area (Å²) in [6, 6.07) is 7.03. The maximum atomic E-state index is 12.3. The Kier molecular flexibility index (Phi) is 2.89. The average Bonchev–Trinajstić information content (AvgIpc) is 3.21. The summed E-state index contributed by atoms with van der Waals surface area (Å²) < 4.78 is 1.66. The van der Waals surface area contributed by atoms with Gasteiger partial charge in [-0.15, -0.1) is 11.3 Å². The minimum Gasteiger partial charge on any atom is -0.334 e. The molecular weight excluding hydrogens is 270 g/mol. The molecule has 4 rings (SSSR count). The van der Waals surface area contributed by atoms with Crippen LogP contribution in [0, 0.1) is 5.92 Å². The van der Waals surface area contributed by atoms with E-state index in [2.05, 4.69) is 22.1 Å². The fraction of sp³-hybridized carbons (Fsp3) is 0.400. The number of piperidine rings is 1.